The summed E-state index contributed by atoms with van der Waals surface area (Å²) in [4.78, 5) is 0. The molecule has 1 aliphatic heterocycles. The Balaban J connectivity index is 0.000000980. The minimum atomic E-state index is 0. The van der Waals surface area contributed by atoms with Crippen LogP contribution in [0.2, 0.25) is 0 Å². The second-order valence-corrected chi connectivity index (χ2v) is 3.88. The molecule has 0 aromatic rings. The smallest absolute Gasteiger partial charge is 0.0456 e. The molecular formula is C11H11BrClN. The highest BCUT2D eigenvalue weighted by molar-refractivity contribution is 9.11. The Kier molecular flexibility index (Phi) is 3.78. The zero-order valence-electron chi connectivity index (χ0n) is 7.75. The van der Waals surface area contributed by atoms with Crippen molar-refractivity contribution in [3.05, 3.63) is 57.9 Å². The Morgan fingerprint density at radius 2 is 2.00 bits per heavy atom. The zero-order chi connectivity index (χ0) is 9.26. The predicted octanol–water partition coefficient (Wildman–Crippen LogP) is 3.57. The van der Waals surface area contributed by atoms with Crippen LogP contribution in [0.5, 0.6) is 0 Å². The van der Waals surface area contributed by atoms with E-state index in [9.17, 15) is 0 Å². The molecule has 1 heterocycles. The van der Waals surface area contributed by atoms with Crippen LogP contribution in [0.25, 0.3) is 0 Å². The lowest BCUT2D eigenvalue weighted by Gasteiger charge is -2.17. The first-order valence-corrected chi connectivity index (χ1v) is 4.97. The van der Waals surface area contributed by atoms with Crippen LogP contribution >= 0.6 is 28.3 Å². The van der Waals surface area contributed by atoms with E-state index in [2.05, 4.69) is 46.4 Å². The summed E-state index contributed by atoms with van der Waals surface area (Å²) in [5, 5.41) is 3.33. The molecule has 0 aromatic heterocycles. The second-order valence-electron chi connectivity index (χ2n) is 3.02. The van der Waals surface area contributed by atoms with Gasteiger partial charge in [-0.05, 0) is 40.6 Å². The fraction of sp³-hybridized carbons (Fsp3) is 0.0909. The lowest BCUT2D eigenvalue weighted by atomic mass is 10.1. The molecule has 0 unspecified atom stereocenters. The summed E-state index contributed by atoms with van der Waals surface area (Å²) in [6.07, 6.45) is 12.4. The monoisotopic (exact) mass is 271 g/mol. The SMILES string of the molecule is CC1=C(Br)C=C2C=CC=CC=C2N1.Cl. The Hall–Kier alpha value is -0.730. The molecule has 2 aliphatic rings. The van der Waals surface area contributed by atoms with Gasteiger partial charge in [0, 0.05) is 15.9 Å². The van der Waals surface area contributed by atoms with Gasteiger partial charge in [-0.15, -0.1) is 12.4 Å². The van der Waals surface area contributed by atoms with Gasteiger partial charge in [0.1, 0.15) is 0 Å². The lowest BCUT2D eigenvalue weighted by Crippen LogP contribution is -2.16. The third-order valence-electron chi connectivity index (χ3n) is 2.03. The number of allylic oxidation sites excluding steroid dienone is 8. The first kappa shape index (κ1) is 11.3. The maximum atomic E-state index is 3.50. The van der Waals surface area contributed by atoms with Crippen LogP contribution < -0.4 is 5.32 Å². The van der Waals surface area contributed by atoms with Gasteiger partial charge in [-0.25, -0.2) is 0 Å². The van der Waals surface area contributed by atoms with E-state index in [0.717, 1.165) is 15.9 Å². The van der Waals surface area contributed by atoms with Crippen LogP contribution in [-0.2, 0) is 0 Å². The summed E-state index contributed by atoms with van der Waals surface area (Å²) < 4.78 is 1.12. The molecule has 0 fully saturated rings. The van der Waals surface area contributed by atoms with Crippen molar-refractivity contribution < 1.29 is 0 Å². The number of hydrogen-bond donors (Lipinski definition) is 1. The fourth-order valence-electron chi connectivity index (χ4n) is 1.31. The molecule has 0 amide bonds. The van der Waals surface area contributed by atoms with Crippen molar-refractivity contribution in [2.45, 2.75) is 6.92 Å². The number of dihydropyridines is 1. The first-order valence-electron chi connectivity index (χ1n) is 4.18. The molecule has 3 heteroatoms. The van der Waals surface area contributed by atoms with Gasteiger partial charge in [0.2, 0.25) is 0 Å². The number of fused-ring (bicyclic) bond motifs is 1. The van der Waals surface area contributed by atoms with Crippen LogP contribution in [0.4, 0.5) is 0 Å². The molecule has 1 N–H and O–H groups in total. The van der Waals surface area contributed by atoms with Crippen molar-refractivity contribution >= 4 is 28.3 Å². The van der Waals surface area contributed by atoms with Gasteiger partial charge in [-0.2, -0.15) is 0 Å². The lowest BCUT2D eigenvalue weighted by molar-refractivity contribution is 0.968. The van der Waals surface area contributed by atoms with Crippen molar-refractivity contribution in [1.29, 1.82) is 0 Å². The summed E-state index contributed by atoms with van der Waals surface area (Å²) in [6, 6.07) is 0. The summed E-state index contributed by atoms with van der Waals surface area (Å²) >= 11 is 3.50. The second kappa shape index (κ2) is 4.67. The van der Waals surface area contributed by atoms with Crippen molar-refractivity contribution in [2.24, 2.45) is 0 Å². The standard InChI is InChI=1S/C11H10BrN.ClH/c1-8-10(12)7-9-5-3-2-4-6-11(9)13-8;/h2-7,13H,1H3;1H. The van der Waals surface area contributed by atoms with Gasteiger partial charge in [0.15, 0.2) is 0 Å². The molecular weight excluding hydrogens is 261 g/mol. The molecule has 1 nitrogen and oxygen atoms in total. The van der Waals surface area contributed by atoms with Crippen LogP contribution in [0.3, 0.4) is 0 Å². The predicted molar refractivity (Wildman–Crippen MR) is 66.5 cm³/mol. The van der Waals surface area contributed by atoms with Crippen LogP contribution in [0.1, 0.15) is 6.92 Å². The molecule has 2 rings (SSSR count). The highest BCUT2D eigenvalue weighted by Gasteiger charge is 2.10. The van der Waals surface area contributed by atoms with Crippen LogP contribution in [-0.4, -0.2) is 0 Å². The van der Waals surface area contributed by atoms with Crippen molar-refractivity contribution in [3.63, 3.8) is 0 Å². The Bertz CT molecular complexity index is 386. The topological polar surface area (TPSA) is 12.0 Å². The Morgan fingerprint density at radius 3 is 2.79 bits per heavy atom. The van der Waals surface area contributed by atoms with Crippen molar-refractivity contribution in [2.75, 3.05) is 0 Å². The summed E-state index contributed by atoms with van der Waals surface area (Å²) in [7, 11) is 0. The normalized spacial score (nSPS) is 18.7. The molecule has 0 radical (unpaired) electrons. The van der Waals surface area contributed by atoms with Gasteiger partial charge in [0.05, 0.1) is 0 Å². The summed E-state index contributed by atoms with van der Waals surface area (Å²) in [5.41, 5.74) is 3.52. The molecule has 0 spiro atoms. The summed E-state index contributed by atoms with van der Waals surface area (Å²) in [5.74, 6) is 0. The largest absolute Gasteiger partial charge is 0.358 e. The maximum Gasteiger partial charge on any atom is 0.0456 e. The van der Waals surface area contributed by atoms with E-state index in [0.29, 0.717) is 0 Å². The highest BCUT2D eigenvalue weighted by Crippen LogP contribution is 2.25. The Morgan fingerprint density at radius 1 is 1.21 bits per heavy atom. The van der Waals surface area contributed by atoms with E-state index >= 15 is 0 Å². The van der Waals surface area contributed by atoms with Crippen LogP contribution in [0, 0.1) is 0 Å². The van der Waals surface area contributed by atoms with Crippen molar-refractivity contribution in [3.8, 4) is 0 Å². The molecule has 74 valence electrons. The minimum Gasteiger partial charge on any atom is -0.358 e. The van der Waals surface area contributed by atoms with Gasteiger partial charge in [-0.1, -0.05) is 24.3 Å². The molecule has 0 saturated heterocycles. The quantitative estimate of drug-likeness (QED) is 0.711. The number of rotatable bonds is 0. The minimum absolute atomic E-state index is 0. The Labute approximate surface area is 98.5 Å². The third kappa shape index (κ3) is 2.20. The highest BCUT2D eigenvalue weighted by atomic mass is 79.9. The average Bonchev–Trinajstić information content (AvgIpc) is 2.31. The van der Waals surface area contributed by atoms with E-state index < -0.39 is 0 Å². The maximum absolute atomic E-state index is 3.50. The van der Waals surface area contributed by atoms with Crippen molar-refractivity contribution in [1.82, 2.24) is 5.32 Å². The number of halogens is 2. The fourth-order valence-corrected chi connectivity index (χ4v) is 1.65. The first-order chi connectivity index (χ1) is 6.27. The van der Waals surface area contributed by atoms with Gasteiger partial charge >= 0.3 is 0 Å². The van der Waals surface area contributed by atoms with E-state index in [4.69, 9.17) is 0 Å². The number of nitrogens with one attached hydrogen (secondary N) is 1. The summed E-state index contributed by atoms with van der Waals surface area (Å²) in [6.45, 7) is 2.05. The third-order valence-corrected chi connectivity index (χ3v) is 2.86. The van der Waals surface area contributed by atoms with E-state index in [1.54, 1.807) is 0 Å². The van der Waals surface area contributed by atoms with E-state index in [-0.39, 0.29) is 12.4 Å². The molecule has 1 aliphatic carbocycles. The molecule has 0 aromatic carbocycles. The van der Waals surface area contributed by atoms with E-state index in [1.165, 1.54) is 5.57 Å². The number of hydrogen-bond acceptors (Lipinski definition) is 1. The zero-order valence-corrected chi connectivity index (χ0v) is 10.2. The molecule has 0 bridgehead atoms. The van der Waals surface area contributed by atoms with Crippen LogP contribution in [0.15, 0.2) is 57.9 Å². The average molecular weight is 273 g/mol. The van der Waals surface area contributed by atoms with Gasteiger partial charge in [0.25, 0.3) is 0 Å². The van der Waals surface area contributed by atoms with Gasteiger partial charge in [-0.3, -0.25) is 0 Å². The molecule has 14 heavy (non-hydrogen) atoms. The van der Waals surface area contributed by atoms with E-state index in [1.807, 2.05) is 18.2 Å². The van der Waals surface area contributed by atoms with Gasteiger partial charge < -0.3 is 5.32 Å². The molecule has 0 saturated carbocycles. The molecule has 0 atom stereocenters.